The van der Waals surface area contributed by atoms with Crippen LogP contribution in [0, 0.1) is 0 Å². The highest BCUT2D eigenvalue weighted by atomic mass is 16.6. The van der Waals surface area contributed by atoms with E-state index in [9.17, 15) is 4.79 Å². The second kappa shape index (κ2) is 7.61. The first kappa shape index (κ1) is 16.8. The summed E-state index contributed by atoms with van der Waals surface area (Å²) in [7, 11) is 0. The van der Waals surface area contributed by atoms with Crippen molar-refractivity contribution in [2.24, 2.45) is 0 Å². The van der Waals surface area contributed by atoms with E-state index in [-0.39, 0.29) is 6.09 Å². The Labute approximate surface area is 132 Å². The molecule has 122 valence electrons. The van der Waals surface area contributed by atoms with Crippen molar-refractivity contribution in [1.82, 2.24) is 16.0 Å². The van der Waals surface area contributed by atoms with Crippen LogP contribution in [0.15, 0.2) is 24.3 Å². The summed E-state index contributed by atoms with van der Waals surface area (Å²) < 4.78 is 5.22. The Balaban J connectivity index is 1.79. The highest BCUT2D eigenvalue weighted by molar-refractivity contribution is 5.67. The SMILES string of the molecule is CC(C)(C)OC(=O)NCCNC1CCNCc2ccccc21. The molecular weight excluding hydrogens is 278 g/mol. The van der Waals surface area contributed by atoms with Gasteiger partial charge in [-0.25, -0.2) is 4.79 Å². The van der Waals surface area contributed by atoms with E-state index >= 15 is 0 Å². The van der Waals surface area contributed by atoms with E-state index in [0.717, 1.165) is 26.1 Å². The third kappa shape index (κ3) is 5.31. The molecule has 1 amide bonds. The van der Waals surface area contributed by atoms with Crippen molar-refractivity contribution in [3.05, 3.63) is 35.4 Å². The Morgan fingerprint density at radius 3 is 2.86 bits per heavy atom. The molecule has 5 nitrogen and oxygen atoms in total. The molecule has 1 aliphatic heterocycles. The Morgan fingerprint density at radius 1 is 1.32 bits per heavy atom. The third-order valence-corrected chi connectivity index (χ3v) is 3.54. The largest absolute Gasteiger partial charge is 0.444 e. The summed E-state index contributed by atoms with van der Waals surface area (Å²) in [4.78, 5) is 11.6. The number of hydrogen-bond donors (Lipinski definition) is 3. The van der Waals surface area contributed by atoms with Gasteiger partial charge in [0.15, 0.2) is 0 Å². The summed E-state index contributed by atoms with van der Waals surface area (Å²) in [6.45, 7) is 8.77. The zero-order chi connectivity index (χ0) is 16.0. The summed E-state index contributed by atoms with van der Waals surface area (Å²) in [5, 5.41) is 9.74. The number of amides is 1. The van der Waals surface area contributed by atoms with Crippen molar-refractivity contribution < 1.29 is 9.53 Å². The molecule has 1 unspecified atom stereocenters. The van der Waals surface area contributed by atoms with Gasteiger partial charge >= 0.3 is 6.09 Å². The molecular formula is C17H27N3O2. The maximum absolute atomic E-state index is 11.6. The molecule has 1 heterocycles. The molecule has 0 aromatic heterocycles. The maximum atomic E-state index is 11.6. The minimum Gasteiger partial charge on any atom is -0.444 e. The van der Waals surface area contributed by atoms with Gasteiger partial charge in [-0.1, -0.05) is 24.3 Å². The van der Waals surface area contributed by atoms with Crippen LogP contribution in [0.5, 0.6) is 0 Å². The summed E-state index contributed by atoms with van der Waals surface area (Å²) in [5.74, 6) is 0. The van der Waals surface area contributed by atoms with Crippen molar-refractivity contribution in [3.63, 3.8) is 0 Å². The van der Waals surface area contributed by atoms with Gasteiger partial charge in [0.25, 0.3) is 0 Å². The summed E-state index contributed by atoms with van der Waals surface area (Å²) in [6.07, 6.45) is 0.681. The van der Waals surface area contributed by atoms with Crippen molar-refractivity contribution in [3.8, 4) is 0 Å². The van der Waals surface area contributed by atoms with Gasteiger partial charge in [-0.05, 0) is 44.9 Å². The molecule has 0 saturated carbocycles. The van der Waals surface area contributed by atoms with Crippen LogP contribution < -0.4 is 16.0 Å². The van der Waals surface area contributed by atoms with Crippen molar-refractivity contribution in [2.75, 3.05) is 19.6 Å². The quantitative estimate of drug-likeness (QED) is 0.747. The van der Waals surface area contributed by atoms with E-state index in [2.05, 4.69) is 40.2 Å². The van der Waals surface area contributed by atoms with Crippen LogP contribution in [0.25, 0.3) is 0 Å². The molecule has 1 aromatic carbocycles. The van der Waals surface area contributed by atoms with Gasteiger partial charge in [0.2, 0.25) is 0 Å². The second-order valence-electron chi connectivity index (χ2n) is 6.60. The third-order valence-electron chi connectivity index (χ3n) is 3.54. The number of alkyl carbamates (subject to hydrolysis) is 1. The molecule has 0 fully saturated rings. The van der Waals surface area contributed by atoms with Gasteiger partial charge in [-0.15, -0.1) is 0 Å². The van der Waals surface area contributed by atoms with Crippen molar-refractivity contribution >= 4 is 6.09 Å². The summed E-state index contributed by atoms with van der Waals surface area (Å²) >= 11 is 0. The van der Waals surface area contributed by atoms with Gasteiger partial charge in [0.1, 0.15) is 5.60 Å². The Hall–Kier alpha value is -1.59. The van der Waals surface area contributed by atoms with E-state index in [1.807, 2.05) is 20.8 Å². The minimum atomic E-state index is -0.455. The predicted octanol–water partition coefficient (Wildman–Crippen LogP) is 2.34. The van der Waals surface area contributed by atoms with Gasteiger partial charge in [0, 0.05) is 25.7 Å². The summed E-state index contributed by atoms with van der Waals surface area (Å²) in [5.41, 5.74) is 2.24. The lowest BCUT2D eigenvalue weighted by atomic mass is 9.99. The van der Waals surface area contributed by atoms with E-state index in [0.29, 0.717) is 12.6 Å². The fourth-order valence-corrected chi connectivity index (χ4v) is 2.60. The average molecular weight is 305 g/mol. The second-order valence-corrected chi connectivity index (χ2v) is 6.60. The molecule has 0 radical (unpaired) electrons. The van der Waals surface area contributed by atoms with Gasteiger partial charge in [0.05, 0.1) is 0 Å². The zero-order valence-electron chi connectivity index (χ0n) is 13.7. The molecule has 3 N–H and O–H groups in total. The smallest absolute Gasteiger partial charge is 0.407 e. The Kier molecular flexibility index (Phi) is 5.80. The highest BCUT2D eigenvalue weighted by Gasteiger charge is 2.18. The maximum Gasteiger partial charge on any atom is 0.407 e. The van der Waals surface area contributed by atoms with E-state index in [1.54, 1.807) is 0 Å². The molecule has 1 aromatic rings. The predicted molar refractivity (Wildman–Crippen MR) is 87.7 cm³/mol. The molecule has 0 saturated heterocycles. The standard InChI is InChI=1S/C17H27N3O2/c1-17(2,3)22-16(21)20-11-10-19-15-8-9-18-12-13-6-4-5-7-14(13)15/h4-7,15,18-19H,8-12H2,1-3H3,(H,20,21). The van der Waals surface area contributed by atoms with Crippen LogP contribution in [0.3, 0.4) is 0 Å². The van der Waals surface area contributed by atoms with Gasteiger partial charge < -0.3 is 20.7 Å². The summed E-state index contributed by atoms with van der Waals surface area (Å²) in [6, 6.07) is 8.83. The fourth-order valence-electron chi connectivity index (χ4n) is 2.60. The van der Waals surface area contributed by atoms with Crippen LogP contribution >= 0.6 is 0 Å². The first-order valence-electron chi connectivity index (χ1n) is 7.94. The number of ether oxygens (including phenoxy) is 1. The molecule has 0 spiro atoms. The number of carbonyl (C=O) groups is 1. The van der Waals surface area contributed by atoms with Crippen molar-refractivity contribution in [2.45, 2.75) is 45.4 Å². The molecule has 5 heteroatoms. The molecule has 1 aliphatic rings. The lowest BCUT2D eigenvalue weighted by Gasteiger charge is -2.21. The Morgan fingerprint density at radius 2 is 2.09 bits per heavy atom. The number of rotatable bonds is 4. The fraction of sp³-hybridized carbons (Fsp3) is 0.588. The van der Waals surface area contributed by atoms with Crippen LogP contribution in [-0.4, -0.2) is 31.3 Å². The average Bonchev–Trinajstić information content (AvgIpc) is 2.64. The topological polar surface area (TPSA) is 62.4 Å². The van der Waals surface area contributed by atoms with E-state index < -0.39 is 5.60 Å². The van der Waals surface area contributed by atoms with Crippen LogP contribution in [-0.2, 0) is 11.3 Å². The number of carbonyl (C=O) groups excluding carboxylic acids is 1. The van der Waals surface area contributed by atoms with Crippen LogP contribution in [0.2, 0.25) is 0 Å². The number of nitrogens with one attached hydrogen (secondary N) is 3. The first-order valence-corrected chi connectivity index (χ1v) is 7.94. The lowest BCUT2D eigenvalue weighted by molar-refractivity contribution is 0.0528. The van der Waals surface area contributed by atoms with Crippen LogP contribution in [0.1, 0.15) is 44.4 Å². The van der Waals surface area contributed by atoms with E-state index in [4.69, 9.17) is 4.74 Å². The first-order chi connectivity index (χ1) is 10.5. The molecule has 0 aliphatic carbocycles. The number of benzene rings is 1. The lowest BCUT2D eigenvalue weighted by Crippen LogP contribution is -2.37. The molecule has 1 atom stereocenters. The Bertz CT molecular complexity index is 497. The van der Waals surface area contributed by atoms with Gasteiger partial charge in [-0.3, -0.25) is 0 Å². The molecule has 22 heavy (non-hydrogen) atoms. The van der Waals surface area contributed by atoms with E-state index in [1.165, 1.54) is 11.1 Å². The van der Waals surface area contributed by atoms with Gasteiger partial charge in [-0.2, -0.15) is 0 Å². The zero-order valence-corrected chi connectivity index (χ0v) is 13.7. The number of hydrogen-bond acceptors (Lipinski definition) is 4. The molecule has 2 rings (SSSR count). The number of fused-ring (bicyclic) bond motifs is 1. The normalized spacial score (nSPS) is 18.2. The monoisotopic (exact) mass is 305 g/mol. The minimum absolute atomic E-state index is 0.326. The van der Waals surface area contributed by atoms with Crippen LogP contribution in [0.4, 0.5) is 4.79 Å². The molecule has 0 bridgehead atoms. The van der Waals surface area contributed by atoms with Crippen molar-refractivity contribution in [1.29, 1.82) is 0 Å². The highest BCUT2D eigenvalue weighted by Crippen LogP contribution is 2.23.